The van der Waals surface area contributed by atoms with Crippen LogP contribution in [0.1, 0.15) is 17.0 Å². The maximum Gasteiger partial charge on any atom is 0.270 e. The van der Waals surface area contributed by atoms with Gasteiger partial charge in [0.25, 0.3) is 5.69 Å². The fraction of sp³-hybridized carbons (Fsp3) is 0.231. The molecular weight excluding hydrogens is 280 g/mol. The van der Waals surface area contributed by atoms with Crippen molar-refractivity contribution in [3.8, 4) is 0 Å². The van der Waals surface area contributed by atoms with Crippen LogP contribution >= 0.6 is 11.6 Å². The fourth-order valence-electron chi connectivity index (χ4n) is 1.63. The number of aryl methyl sites for hydroxylation is 1. The largest absolute Gasteiger partial charge is 0.307 e. The van der Waals surface area contributed by atoms with Crippen molar-refractivity contribution in [1.82, 2.24) is 15.3 Å². The van der Waals surface area contributed by atoms with Crippen LogP contribution in [0.5, 0.6) is 0 Å². The average Bonchev–Trinajstić information content (AvgIpc) is 2.42. The summed E-state index contributed by atoms with van der Waals surface area (Å²) in [5.74, 6) is 0. The molecule has 0 saturated carbocycles. The molecule has 0 aliphatic carbocycles. The van der Waals surface area contributed by atoms with Gasteiger partial charge in [-0.3, -0.25) is 20.1 Å². The minimum Gasteiger partial charge on any atom is -0.307 e. The number of halogens is 1. The van der Waals surface area contributed by atoms with Gasteiger partial charge in [-0.2, -0.15) is 0 Å². The van der Waals surface area contributed by atoms with Crippen LogP contribution in [0.15, 0.2) is 30.6 Å². The Morgan fingerprint density at radius 1 is 1.30 bits per heavy atom. The molecule has 1 aromatic carbocycles. The lowest BCUT2D eigenvalue weighted by atomic mass is 10.2. The minimum absolute atomic E-state index is 0.0110. The van der Waals surface area contributed by atoms with Gasteiger partial charge in [-0.25, -0.2) is 0 Å². The molecule has 0 unspecified atom stereocenters. The molecule has 6 nitrogen and oxygen atoms in total. The molecule has 0 radical (unpaired) electrons. The van der Waals surface area contributed by atoms with Crippen LogP contribution in [-0.2, 0) is 13.1 Å². The normalized spacial score (nSPS) is 10.5. The molecule has 0 saturated heterocycles. The van der Waals surface area contributed by atoms with Gasteiger partial charge in [-0.15, -0.1) is 0 Å². The van der Waals surface area contributed by atoms with Crippen LogP contribution in [0.3, 0.4) is 0 Å². The molecule has 104 valence electrons. The van der Waals surface area contributed by atoms with Gasteiger partial charge in [0.1, 0.15) is 0 Å². The van der Waals surface area contributed by atoms with Gasteiger partial charge >= 0.3 is 0 Å². The first-order chi connectivity index (χ1) is 9.56. The smallest absolute Gasteiger partial charge is 0.270 e. The van der Waals surface area contributed by atoms with Crippen LogP contribution in [0.4, 0.5) is 5.69 Å². The molecular formula is C13H13ClN4O2. The molecule has 0 aliphatic rings. The summed E-state index contributed by atoms with van der Waals surface area (Å²) in [5.41, 5.74) is 2.49. The second-order valence-electron chi connectivity index (χ2n) is 4.29. The van der Waals surface area contributed by atoms with Gasteiger partial charge in [0, 0.05) is 37.6 Å². The van der Waals surface area contributed by atoms with E-state index in [4.69, 9.17) is 11.6 Å². The zero-order chi connectivity index (χ0) is 14.5. The van der Waals surface area contributed by atoms with Crippen LogP contribution in [0.2, 0.25) is 5.02 Å². The van der Waals surface area contributed by atoms with Gasteiger partial charge in [0.2, 0.25) is 0 Å². The molecule has 1 N–H and O–H groups in total. The molecule has 1 heterocycles. The SMILES string of the molecule is Cc1cnc(CNCc2ccc([N+](=O)[O-])cc2Cl)cn1. The van der Waals surface area contributed by atoms with Crippen molar-refractivity contribution in [3.05, 3.63) is 62.7 Å². The number of hydrogen-bond donors (Lipinski definition) is 1. The van der Waals surface area contributed by atoms with Crippen molar-refractivity contribution in [2.24, 2.45) is 0 Å². The molecule has 7 heteroatoms. The number of rotatable bonds is 5. The number of benzene rings is 1. The Hall–Kier alpha value is -2.05. The van der Waals surface area contributed by atoms with E-state index in [-0.39, 0.29) is 5.69 Å². The second-order valence-corrected chi connectivity index (χ2v) is 4.69. The van der Waals surface area contributed by atoms with Gasteiger partial charge in [-0.1, -0.05) is 11.6 Å². The summed E-state index contributed by atoms with van der Waals surface area (Å²) in [7, 11) is 0. The Balaban J connectivity index is 1.94. The molecule has 1 aromatic heterocycles. The molecule has 0 amide bonds. The van der Waals surface area contributed by atoms with Crippen molar-refractivity contribution >= 4 is 17.3 Å². The first kappa shape index (κ1) is 14.4. The van der Waals surface area contributed by atoms with Crippen LogP contribution in [0.25, 0.3) is 0 Å². The van der Waals surface area contributed by atoms with E-state index < -0.39 is 4.92 Å². The maximum absolute atomic E-state index is 10.6. The summed E-state index contributed by atoms with van der Waals surface area (Å²) in [4.78, 5) is 18.5. The van der Waals surface area contributed by atoms with Gasteiger partial charge in [0.15, 0.2) is 0 Å². The van der Waals surface area contributed by atoms with Crippen molar-refractivity contribution < 1.29 is 4.92 Å². The fourth-order valence-corrected chi connectivity index (χ4v) is 1.87. The Morgan fingerprint density at radius 3 is 2.70 bits per heavy atom. The Bertz CT molecular complexity index is 616. The zero-order valence-corrected chi connectivity index (χ0v) is 11.6. The Kier molecular flexibility index (Phi) is 4.60. The zero-order valence-electron chi connectivity index (χ0n) is 10.8. The van der Waals surface area contributed by atoms with Crippen LogP contribution in [-0.4, -0.2) is 14.9 Å². The number of aromatic nitrogens is 2. The van der Waals surface area contributed by atoms with Crippen LogP contribution < -0.4 is 5.32 Å². The number of nitrogens with zero attached hydrogens (tertiary/aromatic N) is 3. The van der Waals surface area contributed by atoms with E-state index in [9.17, 15) is 10.1 Å². The van der Waals surface area contributed by atoms with Gasteiger partial charge in [-0.05, 0) is 18.6 Å². The van der Waals surface area contributed by atoms with E-state index in [1.165, 1.54) is 12.1 Å². The van der Waals surface area contributed by atoms with E-state index in [1.54, 1.807) is 18.5 Å². The lowest BCUT2D eigenvalue weighted by molar-refractivity contribution is -0.384. The first-order valence-electron chi connectivity index (χ1n) is 5.97. The monoisotopic (exact) mass is 292 g/mol. The minimum atomic E-state index is -0.467. The molecule has 0 fully saturated rings. The molecule has 0 bridgehead atoms. The lowest BCUT2D eigenvalue weighted by Gasteiger charge is -2.06. The second kappa shape index (κ2) is 6.40. The predicted molar refractivity (Wildman–Crippen MR) is 75.4 cm³/mol. The summed E-state index contributed by atoms with van der Waals surface area (Å²) in [5, 5.41) is 14.2. The number of nitro groups is 1. The highest BCUT2D eigenvalue weighted by Gasteiger charge is 2.09. The summed E-state index contributed by atoms with van der Waals surface area (Å²) in [6, 6.07) is 4.44. The number of nitro benzene ring substituents is 1. The van der Waals surface area contributed by atoms with E-state index >= 15 is 0 Å². The molecule has 0 atom stereocenters. The molecule has 0 aliphatic heterocycles. The predicted octanol–water partition coefficient (Wildman–Crippen LogP) is 2.64. The number of nitrogens with one attached hydrogen (secondary N) is 1. The van der Waals surface area contributed by atoms with Crippen molar-refractivity contribution in [2.75, 3.05) is 0 Å². The van der Waals surface area contributed by atoms with E-state index in [2.05, 4.69) is 15.3 Å². The summed E-state index contributed by atoms with van der Waals surface area (Å²) < 4.78 is 0. The van der Waals surface area contributed by atoms with Crippen molar-refractivity contribution in [2.45, 2.75) is 20.0 Å². The van der Waals surface area contributed by atoms with Crippen LogP contribution in [0, 0.1) is 17.0 Å². The third-order valence-corrected chi connectivity index (χ3v) is 3.06. The third-order valence-electron chi connectivity index (χ3n) is 2.70. The van der Waals surface area contributed by atoms with Gasteiger partial charge < -0.3 is 5.32 Å². The highest BCUT2D eigenvalue weighted by atomic mass is 35.5. The standard InChI is InChI=1S/C13H13ClN4O2/c1-9-5-17-11(8-16-9)7-15-6-10-2-3-12(18(19)20)4-13(10)14/h2-5,8,15H,6-7H2,1H3. The third kappa shape index (κ3) is 3.72. The number of non-ortho nitro benzene ring substituents is 1. The molecule has 20 heavy (non-hydrogen) atoms. The van der Waals surface area contributed by atoms with Crippen molar-refractivity contribution in [1.29, 1.82) is 0 Å². The summed E-state index contributed by atoms with van der Waals surface area (Å²) >= 11 is 6.00. The van der Waals surface area contributed by atoms with Crippen molar-refractivity contribution in [3.63, 3.8) is 0 Å². The average molecular weight is 293 g/mol. The first-order valence-corrected chi connectivity index (χ1v) is 6.35. The van der Waals surface area contributed by atoms with Gasteiger partial charge in [0.05, 0.1) is 21.3 Å². The molecule has 2 rings (SSSR count). The quantitative estimate of drug-likeness (QED) is 0.677. The summed E-state index contributed by atoms with van der Waals surface area (Å²) in [6.07, 6.45) is 3.41. The number of hydrogen-bond acceptors (Lipinski definition) is 5. The maximum atomic E-state index is 10.6. The summed E-state index contributed by atoms with van der Waals surface area (Å²) in [6.45, 7) is 2.94. The Labute approximate surface area is 121 Å². The molecule has 0 spiro atoms. The topological polar surface area (TPSA) is 81.0 Å². The highest BCUT2D eigenvalue weighted by Crippen LogP contribution is 2.22. The lowest BCUT2D eigenvalue weighted by Crippen LogP contribution is -2.14. The van der Waals surface area contributed by atoms with E-state index in [0.717, 1.165) is 17.0 Å². The van der Waals surface area contributed by atoms with E-state index in [1.807, 2.05) is 6.92 Å². The Morgan fingerprint density at radius 2 is 2.10 bits per heavy atom. The molecule has 2 aromatic rings. The van der Waals surface area contributed by atoms with E-state index in [0.29, 0.717) is 18.1 Å². The highest BCUT2D eigenvalue weighted by molar-refractivity contribution is 6.31.